The summed E-state index contributed by atoms with van der Waals surface area (Å²) in [7, 11) is 0. The molecule has 0 aromatic heterocycles. The molecule has 0 saturated heterocycles. The molecule has 7 heteroatoms. The van der Waals surface area contributed by atoms with E-state index in [1.807, 2.05) is 0 Å². The van der Waals surface area contributed by atoms with Crippen molar-refractivity contribution in [3.8, 4) is 0 Å². The van der Waals surface area contributed by atoms with Crippen LogP contribution in [0.2, 0.25) is 5.02 Å². The van der Waals surface area contributed by atoms with Crippen LogP contribution in [0.5, 0.6) is 0 Å². The Labute approximate surface area is 119 Å². The second-order valence-corrected chi connectivity index (χ2v) is 5.42. The number of hydrogen-bond donors (Lipinski definition) is 2. The Morgan fingerprint density at radius 1 is 1.30 bits per heavy atom. The van der Waals surface area contributed by atoms with Gasteiger partial charge in [0, 0.05) is 5.69 Å². The monoisotopic (exact) mass is 306 g/mol. The first-order valence-electron chi connectivity index (χ1n) is 6.19. The first-order valence-corrected chi connectivity index (χ1v) is 6.57. The number of benzene rings is 1. The summed E-state index contributed by atoms with van der Waals surface area (Å²) in [6.07, 6.45) is -1.79. The van der Waals surface area contributed by atoms with Gasteiger partial charge < -0.3 is 11.1 Å². The zero-order valence-corrected chi connectivity index (χ0v) is 11.3. The van der Waals surface area contributed by atoms with Gasteiger partial charge in [-0.3, -0.25) is 4.79 Å². The maximum Gasteiger partial charge on any atom is 0.417 e. The van der Waals surface area contributed by atoms with E-state index in [4.69, 9.17) is 17.3 Å². The molecule has 1 aromatic rings. The Kier molecular flexibility index (Phi) is 3.97. The van der Waals surface area contributed by atoms with Gasteiger partial charge in [0.25, 0.3) is 0 Å². The van der Waals surface area contributed by atoms with E-state index in [1.165, 1.54) is 6.07 Å². The number of carbonyl (C=O) groups is 1. The average Bonchev–Trinajstić information content (AvgIpc) is 2.78. The molecule has 0 radical (unpaired) electrons. The Morgan fingerprint density at radius 3 is 2.45 bits per heavy atom. The van der Waals surface area contributed by atoms with Gasteiger partial charge in [0.1, 0.15) is 0 Å². The Bertz CT molecular complexity index is 525. The molecule has 0 unspecified atom stereocenters. The van der Waals surface area contributed by atoms with Gasteiger partial charge in [-0.25, -0.2) is 0 Å². The largest absolute Gasteiger partial charge is 0.417 e. The second-order valence-electron chi connectivity index (χ2n) is 5.01. The normalized spacial score (nSPS) is 18.1. The molecule has 110 valence electrons. The molecule has 3 N–H and O–H groups in total. The summed E-state index contributed by atoms with van der Waals surface area (Å²) < 4.78 is 38.2. The zero-order valence-electron chi connectivity index (χ0n) is 10.6. The molecule has 1 saturated carbocycles. The third kappa shape index (κ3) is 3.07. The van der Waals surface area contributed by atoms with Crippen molar-refractivity contribution in [2.75, 3.05) is 5.32 Å². The van der Waals surface area contributed by atoms with E-state index in [2.05, 4.69) is 5.32 Å². The molecule has 0 atom stereocenters. The van der Waals surface area contributed by atoms with Gasteiger partial charge in [-0.2, -0.15) is 13.2 Å². The smallest absolute Gasteiger partial charge is 0.324 e. The second kappa shape index (κ2) is 5.26. The van der Waals surface area contributed by atoms with Crippen LogP contribution in [0.1, 0.15) is 31.2 Å². The summed E-state index contributed by atoms with van der Waals surface area (Å²) >= 11 is 5.51. The van der Waals surface area contributed by atoms with Crippen LogP contribution in [-0.2, 0) is 11.0 Å². The molecule has 1 aliphatic rings. The van der Waals surface area contributed by atoms with Gasteiger partial charge in [-0.05, 0) is 31.0 Å². The summed E-state index contributed by atoms with van der Waals surface area (Å²) in [5.74, 6) is -0.453. The van der Waals surface area contributed by atoms with Gasteiger partial charge in [-0.1, -0.05) is 24.4 Å². The van der Waals surface area contributed by atoms with E-state index in [-0.39, 0.29) is 5.69 Å². The van der Waals surface area contributed by atoms with Crippen LogP contribution in [0.15, 0.2) is 18.2 Å². The Hall–Kier alpha value is -1.27. The van der Waals surface area contributed by atoms with Crippen LogP contribution in [0.4, 0.5) is 18.9 Å². The highest BCUT2D eigenvalue weighted by Crippen LogP contribution is 2.36. The van der Waals surface area contributed by atoms with E-state index in [0.717, 1.165) is 25.0 Å². The maximum atomic E-state index is 12.7. The highest BCUT2D eigenvalue weighted by atomic mass is 35.5. The van der Waals surface area contributed by atoms with Crippen molar-refractivity contribution in [3.05, 3.63) is 28.8 Å². The summed E-state index contributed by atoms with van der Waals surface area (Å²) in [5, 5.41) is 2.04. The number of rotatable bonds is 2. The van der Waals surface area contributed by atoms with E-state index in [0.29, 0.717) is 12.8 Å². The highest BCUT2D eigenvalue weighted by molar-refractivity contribution is 6.31. The number of nitrogens with one attached hydrogen (secondary N) is 1. The van der Waals surface area contributed by atoms with Crippen molar-refractivity contribution in [1.82, 2.24) is 0 Å². The quantitative estimate of drug-likeness (QED) is 0.877. The summed E-state index contributed by atoms with van der Waals surface area (Å²) in [5.41, 5.74) is 4.02. The van der Waals surface area contributed by atoms with Gasteiger partial charge in [0.2, 0.25) is 5.91 Å². The van der Waals surface area contributed by atoms with Crippen LogP contribution in [0.25, 0.3) is 0 Å². The molecular weight excluding hydrogens is 293 g/mol. The third-order valence-corrected chi connectivity index (χ3v) is 3.81. The number of alkyl halides is 3. The molecule has 1 aromatic carbocycles. The molecule has 0 aliphatic heterocycles. The number of hydrogen-bond acceptors (Lipinski definition) is 2. The molecule has 1 fully saturated rings. The topological polar surface area (TPSA) is 55.1 Å². The molecule has 0 heterocycles. The lowest BCUT2D eigenvalue weighted by molar-refractivity contribution is -0.137. The summed E-state index contributed by atoms with van der Waals surface area (Å²) in [4.78, 5) is 12.0. The molecule has 1 amide bonds. The van der Waals surface area contributed by atoms with Crippen molar-refractivity contribution >= 4 is 23.2 Å². The number of halogens is 4. The van der Waals surface area contributed by atoms with Gasteiger partial charge in [-0.15, -0.1) is 0 Å². The number of anilines is 1. The average molecular weight is 307 g/mol. The van der Waals surface area contributed by atoms with Crippen LogP contribution in [-0.4, -0.2) is 11.4 Å². The van der Waals surface area contributed by atoms with E-state index in [1.54, 1.807) is 0 Å². The van der Waals surface area contributed by atoms with Crippen LogP contribution in [0, 0.1) is 0 Å². The third-order valence-electron chi connectivity index (χ3n) is 3.48. The molecule has 0 spiro atoms. The SMILES string of the molecule is NC1(C(=O)Nc2ccc(Cl)c(C(F)(F)F)c2)CCCC1. The van der Waals surface area contributed by atoms with Crippen molar-refractivity contribution in [2.24, 2.45) is 5.73 Å². The van der Waals surface area contributed by atoms with E-state index in [9.17, 15) is 18.0 Å². The standard InChI is InChI=1S/C13H14ClF3N2O/c14-10-4-3-8(7-9(10)13(15,16)17)19-11(20)12(18)5-1-2-6-12/h3-4,7H,1-2,5-6,18H2,(H,19,20). The molecule has 1 aliphatic carbocycles. The fraction of sp³-hybridized carbons (Fsp3) is 0.462. The molecular formula is C13H14ClF3N2O. The number of carbonyl (C=O) groups excluding carboxylic acids is 1. The predicted molar refractivity (Wildman–Crippen MR) is 70.5 cm³/mol. The first-order chi connectivity index (χ1) is 9.22. The van der Waals surface area contributed by atoms with Crippen molar-refractivity contribution < 1.29 is 18.0 Å². The maximum absolute atomic E-state index is 12.7. The Balaban J connectivity index is 2.20. The summed E-state index contributed by atoms with van der Waals surface area (Å²) in [6.45, 7) is 0. The van der Waals surface area contributed by atoms with Gasteiger partial charge in [0.15, 0.2) is 0 Å². The van der Waals surface area contributed by atoms with Crippen LogP contribution in [0.3, 0.4) is 0 Å². The van der Waals surface area contributed by atoms with E-state index >= 15 is 0 Å². The zero-order chi connectivity index (χ0) is 15.0. The number of nitrogens with two attached hydrogens (primary N) is 1. The minimum absolute atomic E-state index is 0.0449. The minimum atomic E-state index is -4.56. The number of amides is 1. The Morgan fingerprint density at radius 2 is 1.90 bits per heavy atom. The minimum Gasteiger partial charge on any atom is -0.324 e. The van der Waals surface area contributed by atoms with Crippen molar-refractivity contribution in [2.45, 2.75) is 37.4 Å². The molecule has 0 bridgehead atoms. The first kappa shape index (κ1) is 15.1. The molecule has 3 nitrogen and oxygen atoms in total. The van der Waals surface area contributed by atoms with Gasteiger partial charge >= 0.3 is 6.18 Å². The fourth-order valence-electron chi connectivity index (χ4n) is 2.31. The van der Waals surface area contributed by atoms with Crippen molar-refractivity contribution in [3.63, 3.8) is 0 Å². The fourth-order valence-corrected chi connectivity index (χ4v) is 2.53. The molecule has 2 rings (SSSR count). The lowest BCUT2D eigenvalue weighted by Gasteiger charge is -2.22. The predicted octanol–water partition coefficient (Wildman–Crippen LogP) is 3.57. The van der Waals surface area contributed by atoms with Crippen molar-refractivity contribution in [1.29, 1.82) is 0 Å². The van der Waals surface area contributed by atoms with E-state index < -0.39 is 28.2 Å². The lowest BCUT2D eigenvalue weighted by Crippen LogP contribution is -2.48. The van der Waals surface area contributed by atoms with Gasteiger partial charge in [0.05, 0.1) is 16.1 Å². The molecule has 20 heavy (non-hydrogen) atoms. The van der Waals surface area contributed by atoms with Crippen LogP contribution >= 0.6 is 11.6 Å². The lowest BCUT2D eigenvalue weighted by atomic mass is 9.98. The van der Waals surface area contributed by atoms with Crippen LogP contribution < -0.4 is 11.1 Å². The highest BCUT2D eigenvalue weighted by Gasteiger charge is 2.38. The summed E-state index contributed by atoms with van der Waals surface area (Å²) in [6, 6.07) is 3.25.